The molecule has 0 aromatic heterocycles. The van der Waals surface area contributed by atoms with E-state index in [0.717, 1.165) is 31.2 Å². The van der Waals surface area contributed by atoms with E-state index in [1.54, 1.807) is 0 Å². The number of nitrogens with one attached hydrogen (secondary N) is 2. The molecule has 1 aromatic carbocycles. The second-order valence-corrected chi connectivity index (χ2v) is 6.08. The molecule has 1 aliphatic rings. The normalized spacial score (nSPS) is 22.3. The Balaban J connectivity index is 1.88. The van der Waals surface area contributed by atoms with Gasteiger partial charge in [0.1, 0.15) is 5.82 Å². The smallest absolute Gasteiger partial charge is 0.315 e. The summed E-state index contributed by atoms with van der Waals surface area (Å²) in [5.74, 6) is 0.0146. The van der Waals surface area contributed by atoms with Gasteiger partial charge in [-0.1, -0.05) is 18.6 Å². The first-order chi connectivity index (χ1) is 10.6. The maximum absolute atomic E-state index is 13.0. The summed E-state index contributed by atoms with van der Waals surface area (Å²) in [6, 6.07) is 6.53. The highest BCUT2D eigenvalue weighted by Gasteiger charge is 2.29. The van der Waals surface area contributed by atoms with Crippen molar-refractivity contribution < 1.29 is 14.3 Å². The Morgan fingerprint density at radius 2 is 2.09 bits per heavy atom. The summed E-state index contributed by atoms with van der Waals surface area (Å²) < 4.78 is 13.0. The van der Waals surface area contributed by atoms with Gasteiger partial charge in [0.15, 0.2) is 0 Å². The van der Waals surface area contributed by atoms with E-state index in [2.05, 4.69) is 10.6 Å². The molecule has 1 fully saturated rings. The van der Waals surface area contributed by atoms with Crippen LogP contribution in [-0.2, 0) is 0 Å². The molecule has 0 bridgehead atoms. The number of carbonyl (C=O) groups is 1. The van der Waals surface area contributed by atoms with Gasteiger partial charge >= 0.3 is 6.03 Å². The SMILES string of the molecule is C[C@H](CCCO)NC(=O)N[C@H]1CCC[C@H]1c1ccc(F)cc1. The Hall–Kier alpha value is -1.62. The van der Waals surface area contributed by atoms with Crippen molar-refractivity contribution in [2.24, 2.45) is 0 Å². The summed E-state index contributed by atoms with van der Waals surface area (Å²) in [4.78, 5) is 12.1. The summed E-state index contributed by atoms with van der Waals surface area (Å²) in [7, 11) is 0. The second-order valence-electron chi connectivity index (χ2n) is 6.08. The molecule has 0 aliphatic heterocycles. The van der Waals surface area contributed by atoms with E-state index in [0.29, 0.717) is 6.42 Å². The maximum Gasteiger partial charge on any atom is 0.315 e. The van der Waals surface area contributed by atoms with Crippen LogP contribution >= 0.6 is 0 Å². The van der Waals surface area contributed by atoms with Crippen LogP contribution in [0, 0.1) is 5.82 Å². The molecule has 0 heterocycles. The lowest BCUT2D eigenvalue weighted by Gasteiger charge is -2.23. The Morgan fingerprint density at radius 3 is 2.77 bits per heavy atom. The molecule has 3 N–H and O–H groups in total. The molecule has 2 rings (SSSR count). The number of amides is 2. The lowest BCUT2D eigenvalue weighted by atomic mass is 9.94. The van der Waals surface area contributed by atoms with Gasteiger partial charge in [-0.2, -0.15) is 0 Å². The third-order valence-electron chi connectivity index (χ3n) is 4.30. The molecule has 2 amide bonds. The topological polar surface area (TPSA) is 61.4 Å². The number of hydrogen-bond donors (Lipinski definition) is 3. The van der Waals surface area contributed by atoms with E-state index in [1.807, 2.05) is 19.1 Å². The van der Waals surface area contributed by atoms with Gasteiger partial charge in [0.25, 0.3) is 0 Å². The zero-order valence-corrected chi connectivity index (χ0v) is 13.0. The average molecular weight is 308 g/mol. The number of urea groups is 1. The molecule has 1 aliphatic carbocycles. The van der Waals surface area contributed by atoms with E-state index < -0.39 is 0 Å². The lowest BCUT2D eigenvalue weighted by molar-refractivity contribution is 0.229. The standard InChI is InChI=1S/C17H25FN2O2/c1-12(4-3-11-21)19-17(22)20-16-6-2-5-15(16)13-7-9-14(18)10-8-13/h7-10,12,15-16,21H,2-6,11H2,1H3,(H2,19,20,22)/t12-,15+,16+/m1/s1. The molecule has 5 heteroatoms. The number of carbonyl (C=O) groups excluding carboxylic acids is 1. The van der Waals surface area contributed by atoms with Gasteiger partial charge in [0, 0.05) is 24.6 Å². The van der Waals surface area contributed by atoms with Crippen LogP contribution in [0.25, 0.3) is 0 Å². The summed E-state index contributed by atoms with van der Waals surface area (Å²) in [6.45, 7) is 2.07. The minimum atomic E-state index is -0.235. The first kappa shape index (κ1) is 16.7. The molecule has 3 atom stereocenters. The molecule has 22 heavy (non-hydrogen) atoms. The highest BCUT2D eigenvalue weighted by Crippen LogP contribution is 2.34. The van der Waals surface area contributed by atoms with Crippen LogP contribution in [-0.4, -0.2) is 29.8 Å². The highest BCUT2D eigenvalue weighted by molar-refractivity contribution is 5.74. The van der Waals surface area contributed by atoms with Gasteiger partial charge in [0.2, 0.25) is 0 Å². The largest absolute Gasteiger partial charge is 0.396 e. The minimum Gasteiger partial charge on any atom is -0.396 e. The van der Waals surface area contributed by atoms with Crippen molar-refractivity contribution in [3.8, 4) is 0 Å². The summed E-state index contributed by atoms with van der Waals surface area (Å²) in [5, 5.41) is 14.7. The summed E-state index contributed by atoms with van der Waals surface area (Å²) >= 11 is 0. The predicted molar refractivity (Wildman–Crippen MR) is 84.2 cm³/mol. The molecule has 0 saturated heterocycles. The number of aliphatic hydroxyl groups is 1. The van der Waals surface area contributed by atoms with Crippen molar-refractivity contribution in [2.45, 2.75) is 57.0 Å². The van der Waals surface area contributed by atoms with E-state index in [-0.39, 0.29) is 36.5 Å². The monoisotopic (exact) mass is 308 g/mol. The zero-order valence-electron chi connectivity index (χ0n) is 13.0. The zero-order chi connectivity index (χ0) is 15.9. The van der Waals surface area contributed by atoms with Gasteiger partial charge in [-0.25, -0.2) is 9.18 Å². The molecular formula is C17H25FN2O2. The fraction of sp³-hybridized carbons (Fsp3) is 0.588. The first-order valence-electron chi connectivity index (χ1n) is 8.03. The molecule has 0 radical (unpaired) electrons. The van der Waals surface area contributed by atoms with Crippen molar-refractivity contribution in [2.75, 3.05) is 6.61 Å². The highest BCUT2D eigenvalue weighted by atomic mass is 19.1. The van der Waals surface area contributed by atoms with Crippen molar-refractivity contribution >= 4 is 6.03 Å². The molecule has 1 aromatic rings. The van der Waals surface area contributed by atoms with E-state index in [1.165, 1.54) is 12.1 Å². The second kappa shape index (κ2) is 8.13. The van der Waals surface area contributed by atoms with Gasteiger partial charge < -0.3 is 15.7 Å². The van der Waals surface area contributed by atoms with Crippen molar-refractivity contribution in [1.29, 1.82) is 0 Å². The number of rotatable bonds is 6. The number of aliphatic hydroxyl groups excluding tert-OH is 1. The van der Waals surface area contributed by atoms with Crippen LogP contribution in [0.3, 0.4) is 0 Å². The van der Waals surface area contributed by atoms with Crippen LogP contribution in [0.15, 0.2) is 24.3 Å². The van der Waals surface area contributed by atoms with Crippen LogP contribution in [0.1, 0.15) is 50.5 Å². The quantitative estimate of drug-likeness (QED) is 0.756. The van der Waals surface area contributed by atoms with Crippen molar-refractivity contribution in [3.05, 3.63) is 35.6 Å². The number of hydrogen-bond acceptors (Lipinski definition) is 2. The Morgan fingerprint density at radius 1 is 1.36 bits per heavy atom. The first-order valence-corrected chi connectivity index (χ1v) is 8.03. The molecule has 1 saturated carbocycles. The van der Waals surface area contributed by atoms with E-state index in [4.69, 9.17) is 5.11 Å². The van der Waals surface area contributed by atoms with Gasteiger partial charge in [-0.3, -0.25) is 0 Å². The molecular weight excluding hydrogens is 283 g/mol. The van der Waals surface area contributed by atoms with E-state index >= 15 is 0 Å². The summed E-state index contributed by atoms with van der Waals surface area (Å²) in [5.41, 5.74) is 1.08. The van der Waals surface area contributed by atoms with Crippen molar-refractivity contribution in [3.63, 3.8) is 0 Å². The fourth-order valence-electron chi connectivity index (χ4n) is 3.15. The van der Waals surface area contributed by atoms with Gasteiger partial charge in [-0.05, 0) is 50.3 Å². The fourth-order valence-corrected chi connectivity index (χ4v) is 3.15. The maximum atomic E-state index is 13.0. The Labute approximate surface area is 131 Å². The third-order valence-corrected chi connectivity index (χ3v) is 4.30. The molecule has 122 valence electrons. The predicted octanol–water partition coefficient (Wildman–Crippen LogP) is 2.92. The summed E-state index contributed by atoms with van der Waals surface area (Å²) in [6.07, 6.45) is 4.46. The minimum absolute atomic E-state index is 0.0397. The molecule has 4 nitrogen and oxygen atoms in total. The lowest BCUT2D eigenvalue weighted by Crippen LogP contribution is -2.46. The van der Waals surface area contributed by atoms with Gasteiger partial charge in [-0.15, -0.1) is 0 Å². The number of benzene rings is 1. The number of halogens is 1. The van der Waals surface area contributed by atoms with Gasteiger partial charge in [0.05, 0.1) is 0 Å². The molecule has 0 spiro atoms. The van der Waals surface area contributed by atoms with Crippen LogP contribution < -0.4 is 10.6 Å². The average Bonchev–Trinajstić information content (AvgIpc) is 2.93. The van der Waals surface area contributed by atoms with Crippen molar-refractivity contribution in [1.82, 2.24) is 10.6 Å². The van der Waals surface area contributed by atoms with Crippen LogP contribution in [0.5, 0.6) is 0 Å². The van der Waals surface area contributed by atoms with Crippen LogP contribution in [0.2, 0.25) is 0 Å². The van der Waals surface area contributed by atoms with E-state index in [9.17, 15) is 9.18 Å². The van der Waals surface area contributed by atoms with Crippen LogP contribution in [0.4, 0.5) is 9.18 Å². The molecule has 0 unspecified atom stereocenters. The third kappa shape index (κ3) is 4.70. The Bertz CT molecular complexity index is 478. The Kier molecular flexibility index (Phi) is 6.19.